The van der Waals surface area contributed by atoms with Gasteiger partial charge in [-0.25, -0.2) is 0 Å². The number of rotatable bonds is 1. The van der Waals surface area contributed by atoms with Gasteiger partial charge in [0.05, 0.1) is 5.52 Å². The molecule has 5 rings (SSSR count). The van der Waals surface area contributed by atoms with Gasteiger partial charge >= 0.3 is 0 Å². The Hall–Kier alpha value is -2.33. The number of hydrogen-bond donors (Lipinski definition) is 0. The van der Waals surface area contributed by atoms with Crippen molar-refractivity contribution in [3.63, 3.8) is 0 Å². The van der Waals surface area contributed by atoms with Crippen LogP contribution in [-0.4, -0.2) is 23.1 Å². The first kappa shape index (κ1) is 15.9. The van der Waals surface area contributed by atoms with Gasteiger partial charge in [0.25, 0.3) is 0 Å². The van der Waals surface area contributed by atoms with Crippen molar-refractivity contribution in [3.8, 4) is 0 Å². The number of aromatic nitrogens is 2. The molecule has 0 spiro atoms. The Balaban J connectivity index is 1.68. The van der Waals surface area contributed by atoms with E-state index in [0.29, 0.717) is 5.92 Å². The Morgan fingerprint density at radius 1 is 1.19 bits per heavy atom. The third-order valence-corrected chi connectivity index (χ3v) is 6.23. The van der Waals surface area contributed by atoms with E-state index in [1.165, 1.54) is 33.3 Å². The lowest BCUT2D eigenvalue weighted by Gasteiger charge is -2.28. The summed E-state index contributed by atoms with van der Waals surface area (Å²) in [7, 11) is 2.21. The van der Waals surface area contributed by atoms with Crippen LogP contribution in [0.5, 0.6) is 0 Å². The molecule has 0 amide bonds. The molecular weight excluding hydrogens is 322 g/mol. The molecule has 4 heteroatoms. The molecule has 2 aliphatic heterocycles. The highest BCUT2D eigenvalue weighted by molar-refractivity contribution is 5.90. The van der Waals surface area contributed by atoms with Crippen LogP contribution in [0.1, 0.15) is 39.6 Å². The molecule has 26 heavy (non-hydrogen) atoms. The normalized spacial score (nSPS) is 19.7. The average Bonchev–Trinajstić information content (AvgIpc) is 2.91. The molecule has 0 saturated heterocycles. The summed E-state index contributed by atoms with van der Waals surface area (Å²) < 4.78 is 3.58. The van der Waals surface area contributed by atoms with E-state index in [1.54, 1.807) is 6.20 Å². The minimum atomic E-state index is 0.365. The van der Waals surface area contributed by atoms with Gasteiger partial charge in [-0.15, -0.1) is 0 Å². The number of pyridine rings is 1. The quantitative estimate of drug-likeness (QED) is 0.500. The molecule has 2 aliphatic rings. The van der Waals surface area contributed by atoms with Crippen LogP contribution >= 0.6 is 0 Å². The SMILES string of the molecule is Cc1cc2c3c(c1)c1c(n3CC(c3ccc(C)[n+]([O-])c3)C2)CCN(C)C1. The van der Waals surface area contributed by atoms with Gasteiger partial charge in [-0.3, -0.25) is 0 Å². The molecule has 1 unspecified atom stereocenters. The van der Waals surface area contributed by atoms with E-state index in [0.717, 1.165) is 48.5 Å². The Morgan fingerprint density at radius 3 is 2.85 bits per heavy atom. The van der Waals surface area contributed by atoms with Crippen molar-refractivity contribution in [3.05, 3.63) is 69.3 Å². The van der Waals surface area contributed by atoms with Crippen molar-refractivity contribution >= 4 is 10.9 Å². The zero-order valence-corrected chi connectivity index (χ0v) is 15.7. The summed E-state index contributed by atoms with van der Waals surface area (Å²) in [5.74, 6) is 0.365. The summed E-state index contributed by atoms with van der Waals surface area (Å²) in [5.41, 5.74) is 9.15. The molecule has 0 N–H and O–H groups in total. The Morgan fingerprint density at radius 2 is 2.04 bits per heavy atom. The zero-order valence-electron chi connectivity index (χ0n) is 15.7. The van der Waals surface area contributed by atoms with Crippen molar-refractivity contribution < 1.29 is 4.73 Å². The number of nitrogens with zero attached hydrogens (tertiary/aromatic N) is 3. The monoisotopic (exact) mass is 347 g/mol. The number of aryl methyl sites for hydroxylation is 2. The van der Waals surface area contributed by atoms with Gasteiger partial charge in [-0.1, -0.05) is 11.6 Å². The van der Waals surface area contributed by atoms with E-state index in [9.17, 15) is 5.21 Å². The molecule has 1 aromatic carbocycles. The minimum Gasteiger partial charge on any atom is -0.619 e. The summed E-state index contributed by atoms with van der Waals surface area (Å²) in [4.78, 5) is 2.42. The molecule has 4 nitrogen and oxygen atoms in total. The first-order valence-electron chi connectivity index (χ1n) is 9.53. The molecule has 0 bridgehead atoms. The van der Waals surface area contributed by atoms with Crippen molar-refractivity contribution in [2.24, 2.45) is 0 Å². The molecule has 2 aromatic heterocycles. The van der Waals surface area contributed by atoms with Gasteiger partial charge in [-0.05, 0) is 43.7 Å². The van der Waals surface area contributed by atoms with Crippen LogP contribution < -0.4 is 4.73 Å². The van der Waals surface area contributed by atoms with Gasteiger partial charge in [0.15, 0.2) is 11.9 Å². The lowest BCUT2D eigenvalue weighted by Crippen LogP contribution is -2.31. The van der Waals surface area contributed by atoms with Crippen molar-refractivity contribution in [2.45, 2.75) is 45.7 Å². The lowest BCUT2D eigenvalue weighted by molar-refractivity contribution is -0.612. The largest absolute Gasteiger partial charge is 0.619 e. The fourth-order valence-corrected chi connectivity index (χ4v) is 4.91. The second kappa shape index (κ2) is 5.58. The van der Waals surface area contributed by atoms with Crippen molar-refractivity contribution in [2.75, 3.05) is 13.6 Å². The van der Waals surface area contributed by atoms with Gasteiger partial charge in [0.2, 0.25) is 0 Å². The Bertz CT molecular complexity index is 1030. The van der Waals surface area contributed by atoms with Gasteiger partial charge in [-0.2, -0.15) is 4.73 Å². The smallest absolute Gasteiger partial charge is 0.189 e. The van der Waals surface area contributed by atoms with Crippen LogP contribution in [0.4, 0.5) is 0 Å². The molecule has 3 aromatic rings. The standard InChI is InChI=1S/C22H25N3O/c1-14-8-17-10-18(16-5-4-15(2)25(26)12-16)11-24-21-6-7-23(3)13-20(21)19(9-14)22(17)24/h4-5,8-9,12,18H,6-7,10-11,13H2,1-3H3. The van der Waals surface area contributed by atoms with Gasteiger partial charge < -0.3 is 14.7 Å². The second-order valence-corrected chi connectivity index (χ2v) is 8.17. The Kier molecular flexibility index (Phi) is 3.41. The highest BCUT2D eigenvalue weighted by Gasteiger charge is 2.30. The van der Waals surface area contributed by atoms with Gasteiger partial charge in [0, 0.05) is 61.6 Å². The summed E-state index contributed by atoms with van der Waals surface area (Å²) in [6, 6.07) is 8.80. The van der Waals surface area contributed by atoms with Crippen LogP contribution in [0.25, 0.3) is 10.9 Å². The summed E-state index contributed by atoms with van der Waals surface area (Å²) in [6.07, 6.45) is 3.91. The second-order valence-electron chi connectivity index (χ2n) is 8.17. The van der Waals surface area contributed by atoms with E-state index in [2.05, 4.69) is 41.6 Å². The van der Waals surface area contributed by atoms with E-state index in [-0.39, 0.29) is 0 Å². The molecule has 0 radical (unpaired) electrons. The number of hydrogen-bond acceptors (Lipinski definition) is 2. The summed E-state index contributed by atoms with van der Waals surface area (Å²) >= 11 is 0. The highest BCUT2D eigenvalue weighted by Crippen LogP contribution is 2.40. The van der Waals surface area contributed by atoms with E-state index in [1.807, 2.05) is 13.0 Å². The molecule has 134 valence electrons. The van der Waals surface area contributed by atoms with Crippen molar-refractivity contribution in [1.82, 2.24) is 9.47 Å². The predicted octanol–water partition coefficient (Wildman–Crippen LogP) is 3.22. The van der Waals surface area contributed by atoms with E-state index >= 15 is 0 Å². The maximum Gasteiger partial charge on any atom is 0.189 e. The highest BCUT2D eigenvalue weighted by atomic mass is 16.5. The maximum absolute atomic E-state index is 12.1. The van der Waals surface area contributed by atoms with Crippen LogP contribution in [-0.2, 0) is 25.9 Å². The molecular formula is C22H25N3O. The van der Waals surface area contributed by atoms with Crippen LogP contribution in [0, 0.1) is 19.1 Å². The van der Waals surface area contributed by atoms with E-state index in [4.69, 9.17) is 0 Å². The Labute approximate surface area is 154 Å². The number of likely N-dealkylation sites (N-methyl/N-ethyl adjacent to an activating group) is 1. The third kappa shape index (κ3) is 2.28. The fraction of sp³-hybridized carbons (Fsp3) is 0.409. The van der Waals surface area contributed by atoms with Crippen LogP contribution in [0.15, 0.2) is 30.5 Å². The summed E-state index contributed by atoms with van der Waals surface area (Å²) in [6.45, 7) is 7.20. The van der Waals surface area contributed by atoms with E-state index < -0.39 is 0 Å². The number of benzene rings is 1. The molecule has 0 saturated carbocycles. The first-order chi connectivity index (χ1) is 12.5. The average molecular weight is 347 g/mol. The molecule has 4 heterocycles. The van der Waals surface area contributed by atoms with Crippen LogP contribution in [0.3, 0.4) is 0 Å². The number of fused-ring (bicyclic) bond motifs is 3. The first-order valence-corrected chi connectivity index (χ1v) is 9.53. The topological polar surface area (TPSA) is 35.1 Å². The zero-order chi connectivity index (χ0) is 18.0. The molecule has 0 aliphatic carbocycles. The molecule has 1 atom stereocenters. The maximum atomic E-state index is 12.1. The molecule has 0 fully saturated rings. The minimum absolute atomic E-state index is 0.365. The third-order valence-electron chi connectivity index (χ3n) is 6.23. The van der Waals surface area contributed by atoms with Gasteiger partial charge in [0.1, 0.15) is 0 Å². The predicted molar refractivity (Wildman–Crippen MR) is 103 cm³/mol. The fourth-order valence-electron chi connectivity index (χ4n) is 4.91. The van der Waals surface area contributed by atoms with Crippen molar-refractivity contribution in [1.29, 1.82) is 0 Å². The summed E-state index contributed by atoms with van der Waals surface area (Å²) in [5, 5.41) is 13.5. The lowest BCUT2D eigenvalue weighted by atomic mass is 9.88. The van der Waals surface area contributed by atoms with Crippen LogP contribution in [0.2, 0.25) is 0 Å².